The van der Waals surface area contributed by atoms with Crippen molar-refractivity contribution in [3.05, 3.63) is 65.0 Å². The Morgan fingerprint density at radius 1 is 0.911 bits per heavy atom. The molecule has 2 saturated heterocycles. The topological polar surface area (TPSA) is 114 Å². The summed E-state index contributed by atoms with van der Waals surface area (Å²) in [6, 6.07) is 6.28. The van der Waals surface area contributed by atoms with Crippen LogP contribution in [-0.2, 0) is 16.9 Å². The first-order valence-electron chi connectivity index (χ1n) is 14.1. The number of benzene rings is 2. The molecule has 45 heavy (non-hydrogen) atoms. The molecule has 2 aliphatic heterocycles. The van der Waals surface area contributed by atoms with Crippen molar-refractivity contribution in [1.29, 1.82) is 0 Å². The molecule has 16 heteroatoms. The van der Waals surface area contributed by atoms with Gasteiger partial charge in [0.25, 0.3) is 11.5 Å². The number of alkyl halides is 6. The first-order chi connectivity index (χ1) is 21.1. The zero-order chi connectivity index (χ0) is 33.0. The molecule has 0 spiro atoms. The van der Waals surface area contributed by atoms with E-state index in [-0.39, 0.29) is 44.0 Å². The Hall–Kier alpha value is -3.47. The summed E-state index contributed by atoms with van der Waals surface area (Å²) in [5, 5.41) is 24.3. The number of ether oxygens (including phenoxy) is 1. The second-order valence-electron chi connectivity index (χ2n) is 11.2. The number of anilines is 1. The molecule has 2 aromatic carbocycles. The van der Waals surface area contributed by atoms with Crippen LogP contribution in [0.1, 0.15) is 34.3 Å². The predicted octanol–water partition coefficient (Wildman–Crippen LogP) is 4.01. The third-order valence-corrected chi connectivity index (χ3v) is 8.23. The number of nitrogens with zero attached hydrogens (tertiary/aromatic N) is 2. The van der Waals surface area contributed by atoms with E-state index in [2.05, 4.69) is 10.6 Å². The van der Waals surface area contributed by atoms with E-state index in [0.717, 1.165) is 18.2 Å². The van der Waals surface area contributed by atoms with Crippen LogP contribution >= 0.6 is 0 Å². The van der Waals surface area contributed by atoms with E-state index >= 15 is 0 Å². The standard InChI is InChI=1S/C29H33F7N4O5/c30-22-15-20(3-6-23(22)38-25(43)37-17-26(18-41)7-13-45-14-8-26)24(42)40-11-9-39(10-12-40)16-19-1-4-21(5-2-19)27(44,28(31,32)33)29(34,35)36/h1-6,15,41,44H,7-14,16-18H2,(H2,37,38,43). The molecule has 0 aliphatic carbocycles. The molecule has 2 aromatic rings. The lowest BCUT2D eigenvalue weighted by molar-refractivity contribution is -0.376. The zero-order valence-corrected chi connectivity index (χ0v) is 24.0. The number of piperazine rings is 1. The molecule has 0 bridgehead atoms. The molecule has 4 rings (SSSR count). The van der Waals surface area contributed by atoms with Gasteiger partial charge in [-0.25, -0.2) is 9.18 Å². The SMILES string of the molecule is O=C(NCC1(CO)CCOCC1)Nc1ccc(C(=O)N2CCN(Cc3ccc(C(O)(C(F)(F)F)C(F)(F)F)cc3)CC2)cc1F. The average Bonchev–Trinajstić information content (AvgIpc) is 3.00. The van der Waals surface area contributed by atoms with E-state index in [1.54, 1.807) is 0 Å². The molecule has 0 unspecified atom stereocenters. The Bertz CT molecular complexity index is 1330. The number of hydrogen-bond acceptors (Lipinski definition) is 6. The number of carbonyl (C=O) groups is 2. The van der Waals surface area contributed by atoms with Crippen LogP contribution in [0.2, 0.25) is 0 Å². The van der Waals surface area contributed by atoms with Crippen LogP contribution in [0.15, 0.2) is 42.5 Å². The first kappa shape index (κ1) is 34.4. The van der Waals surface area contributed by atoms with Gasteiger partial charge in [-0.15, -0.1) is 0 Å². The average molecular weight is 651 g/mol. The van der Waals surface area contributed by atoms with E-state index in [9.17, 15) is 50.5 Å². The molecular formula is C29H33F7N4O5. The minimum Gasteiger partial charge on any atom is -0.396 e. The summed E-state index contributed by atoms with van der Waals surface area (Å²) in [7, 11) is 0. The maximum absolute atomic E-state index is 14.8. The molecular weight excluding hydrogens is 617 g/mol. The van der Waals surface area contributed by atoms with Gasteiger partial charge in [0.05, 0.1) is 12.3 Å². The van der Waals surface area contributed by atoms with E-state index in [0.29, 0.717) is 56.8 Å². The summed E-state index contributed by atoms with van der Waals surface area (Å²) < 4.78 is 98.8. The summed E-state index contributed by atoms with van der Waals surface area (Å²) >= 11 is 0. The molecule has 0 atom stereocenters. The molecule has 2 fully saturated rings. The Morgan fingerprint density at radius 3 is 2.04 bits per heavy atom. The smallest absolute Gasteiger partial charge is 0.396 e. The Labute approximate surface area is 253 Å². The normalized spacial score (nSPS) is 18.0. The highest BCUT2D eigenvalue weighted by Crippen LogP contribution is 2.50. The van der Waals surface area contributed by atoms with Crippen molar-refractivity contribution < 1.29 is 55.3 Å². The molecule has 248 valence electrons. The van der Waals surface area contributed by atoms with E-state index in [4.69, 9.17) is 4.74 Å². The maximum Gasteiger partial charge on any atom is 0.430 e. The number of amides is 3. The van der Waals surface area contributed by atoms with Crippen LogP contribution in [0.3, 0.4) is 0 Å². The third kappa shape index (κ3) is 7.68. The molecule has 0 saturated carbocycles. The van der Waals surface area contributed by atoms with Gasteiger partial charge in [-0.2, -0.15) is 26.3 Å². The van der Waals surface area contributed by atoms with Crippen molar-refractivity contribution in [2.45, 2.75) is 37.3 Å². The van der Waals surface area contributed by atoms with Crippen LogP contribution in [0.4, 0.5) is 41.2 Å². The number of aliphatic hydroxyl groups excluding tert-OH is 1. The molecule has 3 amide bonds. The number of carbonyl (C=O) groups excluding carboxylic acids is 2. The van der Waals surface area contributed by atoms with Gasteiger partial charge in [0.1, 0.15) is 5.82 Å². The van der Waals surface area contributed by atoms with Crippen molar-refractivity contribution in [3.8, 4) is 0 Å². The monoisotopic (exact) mass is 650 g/mol. The Balaban J connectivity index is 1.29. The van der Waals surface area contributed by atoms with Crippen molar-refractivity contribution in [1.82, 2.24) is 15.1 Å². The number of aliphatic hydroxyl groups is 2. The summed E-state index contributed by atoms with van der Waals surface area (Å²) in [6.07, 6.45) is -10.8. The van der Waals surface area contributed by atoms with Gasteiger partial charge in [0, 0.05) is 69.0 Å². The van der Waals surface area contributed by atoms with Crippen LogP contribution in [0.25, 0.3) is 0 Å². The fourth-order valence-electron chi connectivity index (χ4n) is 5.27. The van der Waals surface area contributed by atoms with E-state index in [1.807, 2.05) is 4.90 Å². The summed E-state index contributed by atoms with van der Waals surface area (Å²) in [4.78, 5) is 28.7. The number of halogens is 7. The van der Waals surface area contributed by atoms with E-state index < -0.39 is 46.7 Å². The van der Waals surface area contributed by atoms with Gasteiger partial charge < -0.3 is 30.5 Å². The number of hydrogen-bond donors (Lipinski definition) is 4. The van der Waals surface area contributed by atoms with Gasteiger partial charge in [-0.3, -0.25) is 9.69 Å². The maximum atomic E-state index is 14.8. The largest absolute Gasteiger partial charge is 0.430 e. The summed E-state index contributed by atoms with van der Waals surface area (Å²) in [6.45, 7) is 2.23. The number of urea groups is 1. The fraction of sp³-hybridized carbons (Fsp3) is 0.517. The van der Waals surface area contributed by atoms with Crippen LogP contribution < -0.4 is 10.6 Å². The third-order valence-electron chi connectivity index (χ3n) is 8.23. The highest BCUT2D eigenvalue weighted by molar-refractivity contribution is 5.95. The van der Waals surface area contributed by atoms with E-state index in [1.165, 1.54) is 17.0 Å². The van der Waals surface area contributed by atoms with Gasteiger partial charge >= 0.3 is 18.4 Å². The minimum atomic E-state index is -5.97. The Morgan fingerprint density at radius 2 is 1.51 bits per heavy atom. The quantitative estimate of drug-likeness (QED) is 0.322. The second-order valence-corrected chi connectivity index (χ2v) is 11.2. The predicted molar refractivity (Wildman–Crippen MR) is 147 cm³/mol. The minimum absolute atomic E-state index is 0.0470. The van der Waals surface area contributed by atoms with Crippen molar-refractivity contribution in [2.24, 2.45) is 5.41 Å². The summed E-state index contributed by atoms with van der Waals surface area (Å²) in [5.41, 5.74) is -6.56. The molecule has 0 aromatic heterocycles. The molecule has 2 aliphatic rings. The van der Waals surface area contributed by atoms with Crippen LogP contribution in [-0.4, -0.2) is 96.8 Å². The lowest BCUT2D eigenvalue weighted by atomic mass is 9.81. The van der Waals surface area contributed by atoms with Crippen LogP contribution in [0, 0.1) is 11.2 Å². The van der Waals surface area contributed by atoms with Gasteiger partial charge in [-0.05, 0) is 36.6 Å². The summed E-state index contributed by atoms with van der Waals surface area (Å²) in [5.74, 6) is -1.29. The molecule has 0 radical (unpaired) electrons. The highest BCUT2D eigenvalue weighted by Gasteiger charge is 2.71. The van der Waals surface area contributed by atoms with Crippen molar-refractivity contribution in [2.75, 3.05) is 57.9 Å². The van der Waals surface area contributed by atoms with Crippen molar-refractivity contribution in [3.63, 3.8) is 0 Å². The highest BCUT2D eigenvalue weighted by atomic mass is 19.4. The first-order valence-corrected chi connectivity index (χ1v) is 14.1. The van der Waals surface area contributed by atoms with Gasteiger partial charge in [-0.1, -0.05) is 24.3 Å². The number of nitrogens with one attached hydrogen (secondary N) is 2. The molecule has 4 N–H and O–H groups in total. The zero-order valence-electron chi connectivity index (χ0n) is 24.0. The fourth-order valence-corrected chi connectivity index (χ4v) is 5.27. The lowest BCUT2D eigenvalue weighted by Crippen LogP contribution is -2.53. The van der Waals surface area contributed by atoms with Gasteiger partial charge in [0.2, 0.25) is 0 Å². The lowest BCUT2D eigenvalue weighted by Gasteiger charge is -2.35. The second kappa shape index (κ2) is 13.5. The Kier molecular flexibility index (Phi) is 10.3. The van der Waals surface area contributed by atoms with Crippen molar-refractivity contribution >= 4 is 17.6 Å². The van der Waals surface area contributed by atoms with Gasteiger partial charge in [0.15, 0.2) is 0 Å². The molecule has 9 nitrogen and oxygen atoms in total. The number of rotatable bonds is 8. The van der Waals surface area contributed by atoms with Crippen LogP contribution in [0.5, 0.6) is 0 Å². The molecule has 2 heterocycles.